The van der Waals surface area contributed by atoms with Crippen LogP contribution < -0.4 is 11.1 Å². The van der Waals surface area contributed by atoms with Crippen LogP contribution in [0.15, 0.2) is 24.3 Å². The van der Waals surface area contributed by atoms with E-state index in [4.69, 9.17) is 39.6 Å². The topological polar surface area (TPSA) is 81.8 Å². The molecule has 1 aliphatic rings. The molecule has 0 amide bonds. The Morgan fingerprint density at radius 3 is 2.54 bits per heavy atom. The van der Waals surface area contributed by atoms with Crippen LogP contribution in [0.3, 0.4) is 0 Å². The first-order valence-electron chi connectivity index (χ1n) is 9.34. The Kier molecular flexibility index (Phi) is 9.15. The van der Waals surface area contributed by atoms with Gasteiger partial charge in [0.1, 0.15) is 0 Å². The fourth-order valence-electron chi connectivity index (χ4n) is 3.37. The minimum atomic E-state index is -1.20. The lowest BCUT2D eigenvalue weighted by Gasteiger charge is -2.36. The van der Waals surface area contributed by atoms with Gasteiger partial charge in [-0.05, 0) is 61.4 Å². The Labute approximate surface area is 167 Å². The quantitative estimate of drug-likeness (QED) is 0.306. The van der Waals surface area contributed by atoms with Gasteiger partial charge in [0, 0.05) is 30.7 Å². The number of halogens is 1. The predicted molar refractivity (Wildman–Crippen MR) is 112 cm³/mol. The van der Waals surface area contributed by atoms with Crippen LogP contribution in [0.25, 0.3) is 0 Å². The van der Waals surface area contributed by atoms with Crippen LogP contribution >= 0.6 is 23.8 Å². The molecule has 0 aliphatic carbocycles. The molecular weight excluding hydrogens is 369 g/mol. The van der Waals surface area contributed by atoms with E-state index in [-0.39, 0.29) is 6.04 Å². The molecule has 1 saturated heterocycles. The van der Waals surface area contributed by atoms with Crippen molar-refractivity contribution in [2.75, 3.05) is 13.1 Å². The first-order valence-corrected chi connectivity index (χ1v) is 10.1. The van der Waals surface area contributed by atoms with Crippen molar-refractivity contribution in [1.29, 1.82) is 0 Å². The van der Waals surface area contributed by atoms with Crippen molar-refractivity contribution < 1.29 is 10.0 Å². The van der Waals surface area contributed by atoms with E-state index in [9.17, 15) is 0 Å². The molecule has 5 nitrogen and oxygen atoms in total. The van der Waals surface area contributed by atoms with Gasteiger partial charge in [0.15, 0.2) is 5.11 Å². The lowest BCUT2D eigenvalue weighted by atomic mass is 9.82. The van der Waals surface area contributed by atoms with Crippen molar-refractivity contribution in [3.8, 4) is 0 Å². The van der Waals surface area contributed by atoms with Crippen LogP contribution in [0.2, 0.25) is 11.3 Å². The van der Waals surface area contributed by atoms with Gasteiger partial charge in [-0.15, -0.1) is 0 Å². The number of benzene rings is 1. The molecule has 1 heterocycles. The van der Waals surface area contributed by atoms with Gasteiger partial charge in [-0.3, -0.25) is 0 Å². The average molecular weight is 398 g/mol. The van der Waals surface area contributed by atoms with Gasteiger partial charge in [0.25, 0.3) is 0 Å². The zero-order valence-electron chi connectivity index (χ0n) is 15.1. The summed E-state index contributed by atoms with van der Waals surface area (Å²) in [6.07, 6.45) is 5.22. The number of likely N-dealkylation sites (tertiary alicyclic amines) is 1. The van der Waals surface area contributed by atoms with E-state index in [0.717, 1.165) is 60.9 Å². The maximum Gasteiger partial charge on any atom is 0.451 e. The number of hydrogen-bond acceptors (Lipinski definition) is 4. The summed E-state index contributed by atoms with van der Waals surface area (Å²) in [4.78, 5) is 2.22. The monoisotopic (exact) mass is 397 g/mol. The third kappa shape index (κ3) is 7.41. The molecule has 0 saturated carbocycles. The fourth-order valence-corrected chi connectivity index (χ4v) is 3.75. The number of nitrogens with zero attached hydrogens (tertiary/aromatic N) is 1. The van der Waals surface area contributed by atoms with E-state index in [2.05, 4.69) is 10.2 Å². The molecule has 1 unspecified atom stereocenters. The minimum absolute atomic E-state index is 0.184. The Balaban J connectivity index is 1.65. The van der Waals surface area contributed by atoms with Crippen LogP contribution in [-0.4, -0.2) is 46.3 Å². The second-order valence-electron chi connectivity index (χ2n) is 7.04. The van der Waals surface area contributed by atoms with Gasteiger partial charge < -0.3 is 26.0 Å². The molecule has 1 aromatic carbocycles. The van der Waals surface area contributed by atoms with Gasteiger partial charge in [-0.25, -0.2) is 0 Å². The Hall–Kier alpha value is -0.855. The van der Waals surface area contributed by atoms with Crippen molar-refractivity contribution in [1.82, 2.24) is 10.2 Å². The molecule has 1 fully saturated rings. The maximum absolute atomic E-state index is 8.87. The first kappa shape index (κ1) is 21.4. The van der Waals surface area contributed by atoms with Gasteiger partial charge in [-0.2, -0.15) is 0 Å². The molecule has 1 aromatic rings. The Morgan fingerprint density at radius 1 is 1.27 bits per heavy atom. The smallest absolute Gasteiger partial charge is 0.427 e. The molecule has 0 bridgehead atoms. The van der Waals surface area contributed by atoms with Crippen LogP contribution in [-0.2, 0) is 6.54 Å². The second kappa shape index (κ2) is 11.1. The lowest BCUT2D eigenvalue weighted by Crippen LogP contribution is -2.46. The van der Waals surface area contributed by atoms with Gasteiger partial charge in [0.2, 0.25) is 0 Å². The molecule has 144 valence electrons. The van der Waals surface area contributed by atoms with E-state index in [1.807, 2.05) is 24.3 Å². The van der Waals surface area contributed by atoms with Gasteiger partial charge in [-0.1, -0.05) is 36.6 Å². The largest absolute Gasteiger partial charge is 0.451 e. The summed E-state index contributed by atoms with van der Waals surface area (Å²) in [5.74, 6) is 0.518. The van der Waals surface area contributed by atoms with Crippen LogP contribution in [0, 0.1) is 5.92 Å². The number of nitrogens with two attached hydrogens (primary N) is 1. The number of hydrogen-bond donors (Lipinski definition) is 4. The van der Waals surface area contributed by atoms with Gasteiger partial charge >= 0.3 is 7.12 Å². The predicted octanol–water partition coefficient (Wildman–Crippen LogP) is 2.40. The van der Waals surface area contributed by atoms with E-state index in [1.165, 1.54) is 0 Å². The van der Waals surface area contributed by atoms with Crippen LogP contribution in [0.5, 0.6) is 0 Å². The van der Waals surface area contributed by atoms with Crippen LogP contribution in [0.1, 0.15) is 37.7 Å². The zero-order valence-corrected chi connectivity index (χ0v) is 16.7. The van der Waals surface area contributed by atoms with E-state index >= 15 is 0 Å². The lowest BCUT2D eigenvalue weighted by molar-refractivity contribution is 0.228. The number of unbranched alkanes of at least 4 members (excludes halogenated alkanes) is 1. The fraction of sp³-hybridized carbons (Fsp3) is 0.611. The normalized spacial score (nSPS) is 16.4. The van der Waals surface area contributed by atoms with E-state index < -0.39 is 7.12 Å². The molecule has 8 heteroatoms. The highest BCUT2D eigenvalue weighted by Gasteiger charge is 2.25. The molecule has 1 atom stereocenters. The Morgan fingerprint density at radius 2 is 1.92 bits per heavy atom. The summed E-state index contributed by atoms with van der Waals surface area (Å²) in [6, 6.07) is 7.95. The standard InChI is InChI=1S/C18H29BClN3O2S/c20-16-6-4-14(5-7-16)13-22-18(26)23-11-8-15(9-12-23)17(21)3-1-2-10-19(24)25/h4-7,15,17,24-25H,1-3,8-13,21H2,(H,22,26). The van der Waals surface area contributed by atoms with E-state index in [0.29, 0.717) is 18.8 Å². The highest BCUT2D eigenvalue weighted by molar-refractivity contribution is 7.80. The molecule has 0 spiro atoms. The first-order chi connectivity index (χ1) is 12.5. The van der Waals surface area contributed by atoms with Crippen molar-refractivity contribution in [2.45, 2.75) is 51.0 Å². The highest BCUT2D eigenvalue weighted by atomic mass is 35.5. The molecule has 1 aliphatic heterocycles. The molecule has 0 aromatic heterocycles. The highest BCUT2D eigenvalue weighted by Crippen LogP contribution is 2.23. The maximum atomic E-state index is 8.87. The second-order valence-corrected chi connectivity index (χ2v) is 7.86. The Bertz CT molecular complexity index is 554. The molecule has 5 N–H and O–H groups in total. The zero-order chi connectivity index (χ0) is 18.9. The summed E-state index contributed by atoms with van der Waals surface area (Å²) in [5, 5.41) is 22.6. The van der Waals surface area contributed by atoms with Crippen molar-refractivity contribution >= 4 is 36.0 Å². The van der Waals surface area contributed by atoms with Gasteiger partial charge in [0.05, 0.1) is 0 Å². The summed E-state index contributed by atoms with van der Waals surface area (Å²) in [7, 11) is -1.20. The average Bonchev–Trinajstić information content (AvgIpc) is 2.64. The molecule has 2 rings (SSSR count). The third-order valence-corrected chi connectivity index (χ3v) is 5.69. The number of thiocarbonyl (C=S) groups is 1. The summed E-state index contributed by atoms with van der Waals surface area (Å²) >= 11 is 11.4. The summed E-state index contributed by atoms with van der Waals surface area (Å²) in [6.45, 7) is 2.56. The molecule has 0 radical (unpaired) electrons. The number of nitrogens with one attached hydrogen (secondary N) is 1. The SMILES string of the molecule is NC(CCCCB(O)O)C1CCN(C(=S)NCc2ccc(Cl)cc2)CC1. The number of rotatable bonds is 8. The van der Waals surface area contributed by atoms with Crippen molar-refractivity contribution in [3.05, 3.63) is 34.9 Å². The molecule has 26 heavy (non-hydrogen) atoms. The van der Waals surface area contributed by atoms with Crippen molar-refractivity contribution in [3.63, 3.8) is 0 Å². The minimum Gasteiger partial charge on any atom is -0.427 e. The summed E-state index contributed by atoms with van der Waals surface area (Å²) in [5.41, 5.74) is 7.49. The summed E-state index contributed by atoms with van der Waals surface area (Å²) < 4.78 is 0. The third-order valence-electron chi connectivity index (χ3n) is 5.04. The van der Waals surface area contributed by atoms with E-state index in [1.54, 1.807) is 0 Å². The molecular formula is C18H29BClN3O2S. The van der Waals surface area contributed by atoms with Crippen LogP contribution in [0.4, 0.5) is 0 Å². The number of piperidine rings is 1. The van der Waals surface area contributed by atoms with Crippen molar-refractivity contribution in [2.24, 2.45) is 11.7 Å².